The van der Waals surface area contributed by atoms with E-state index in [0.29, 0.717) is 0 Å². The third-order valence-corrected chi connectivity index (χ3v) is 3.52. The van der Waals surface area contributed by atoms with Crippen molar-refractivity contribution in [2.75, 3.05) is 13.1 Å². The molecule has 2 aliphatic rings. The van der Waals surface area contributed by atoms with Crippen molar-refractivity contribution in [2.45, 2.75) is 51.5 Å². The molecule has 1 saturated carbocycles. The maximum atomic E-state index is 2.75. The number of likely N-dealkylation sites (tertiary alicyclic amines) is 1. The average molecular weight is 167 g/mol. The van der Waals surface area contributed by atoms with Gasteiger partial charge >= 0.3 is 0 Å². The molecule has 2 fully saturated rings. The second-order valence-electron chi connectivity index (χ2n) is 4.42. The Morgan fingerprint density at radius 1 is 1.08 bits per heavy atom. The van der Waals surface area contributed by atoms with E-state index < -0.39 is 0 Å². The van der Waals surface area contributed by atoms with Crippen molar-refractivity contribution in [2.24, 2.45) is 5.92 Å². The van der Waals surface area contributed by atoms with Crippen LogP contribution in [0.1, 0.15) is 45.4 Å². The topological polar surface area (TPSA) is 3.24 Å². The van der Waals surface area contributed by atoms with Crippen LogP contribution in [0, 0.1) is 5.92 Å². The highest BCUT2D eigenvalue weighted by atomic mass is 15.2. The van der Waals surface area contributed by atoms with Crippen LogP contribution >= 0.6 is 0 Å². The lowest BCUT2D eigenvalue weighted by atomic mass is 10.2. The van der Waals surface area contributed by atoms with Gasteiger partial charge in [-0.05, 0) is 38.3 Å². The minimum Gasteiger partial charge on any atom is -0.300 e. The molecule has 0 aromatic heterocycles. The Morgan fingerprint density at radius 2 is 1.75 bits per heavy atom. The number of rotatable bonds is 2. The second kappa shape index (κ2) is 3.78. The Hall–Kier alpha value is -0.0400. The van der Waals surface area contributed by atoms with E-state index in [9.17, 15) is 0 Å². The molecule has 1 heterocycles. The number of hydrogen-bond donors (Lipinski definition) is 0. The molecule has 0 aromatic rings. The normalized spacial score (nSPS) is 37.8. The van der Waals surface area contributed by atoms with Gasteiger partial charge in [-0.3, -0.25) is 0 Å². The summed E-state index contributed by atoms with van der Waals surface area (Å²) in [6.07, 6.45) is 8.75. The van der Waals surface area contributed by atoms with Gasteiger partial charge < -0.3 is 4.90 Å². The molecule has 2 atom stereocenters. The minimum absolute atomic E-state index is 0.994. The maximum absolute atomic E-state index is 2.75. The van der Waals surface area contributed by atoms with Crippen molar-refractivity contribution in [3.05, 3.63) is 0 Å². The van der Waals surface area contributed by atoms with Gasteiger partial charge in [-0.15, -0.1) is 0 Å². The van der Waals surface area contributed by atoms with Gasteiger partial charge in [-0.25, -0.2) is 0 Å². The van der Waals surface area contributed by atoms with Crippen LogP contribution in [0.25, 0.3) is 0 Å². The van der Waals surface area contributed by atoms with Crippen molar-refractivity contribution < 1.29 is 0 Å². The molecule has 2 unspecified atom stereocenters. The summed E-state index contributed by atoms with van der Waals surface area (Å²) >= 11 is 0. The van der Waals surface area contributed by atoms with E-state index in [1.165, 1.54) is 51.6 Å². The minimum atomic E-state index is 0.994. The summed E-state index contributed by atoms with van der Waals surface area (Å²) in [6, 6.07) is 0.994. The SMILES string of the molecule is CCC1CC1N1CCCCCC1. The lowest BCUT2D eigenvalue weighted by molar-refractivity contribution is 0.261. The van der Waals surface area contributed by atoms with E-state index in [-0.39, 0.29) is 0 Å². The molecule has 1 aliphatic carbocycles. The van der Waals surface area contributed by atoms with Gasteiger partial charge in [-0.1, -0.05) is 26.2 Å². The molecule has 70 valence electrons. The van der Waals surface area contributed by atoms with Gasteiger partial charge in [0.15, 0.2) is 0 Å². The van der Waals surface area contributed by atoms with Crippen LogP contribution < -0.4 is 0 Å². The van der Waals surface area contributed by atoms with Crippen molar-refractivity contribution in [1.82, 2.24) is 4.90 Å². The van der Waals surface area contributed by atoms with Crippen LogP contribution in [0.3, 0.4) is 0 Å². The molecule has 0 N–H and O–H groups in total. The zero-order valence-corrected chi connectivity index (χ0v) is 8.26. The lowest BCUT2D eigenvalue weighted by Gasteiger charge is -2.19. The molecule has 0 aromatic carbocycles. The Labute approximate surface area is 76.1 Å². The Bertz CT molecular complexity index is 136. The van der Waals surface area contributed by atoms with Crippen LogP contribution in [-0.2, 0) is 0 Å². The molecule has 1 heteroatoms. The van der Waals surface area contributed by atoms with E-state index in [1.807, 2.05) is 0 Å². The largest absolute Gasteiger partial charge is 0.300 e. The van der Waals surface area contributed by atoms with E-state index in [4.69, 9.17) is 0 Å². The zero-order chi connectivity index (χ0) is 8.39. The van der Waals surface area contributed by atoms with E-state index >= 15 is 0 Å². The monoisotopic (exact) mass is 167 g/mol. The summed E-state index contributed by atoms with van der Waals surface area (Å²) in [5.41, 5.74) is 0. The number of hydrogen-bond acceptors (Lipinski definition) is 1. The lowest BCUT2D eigenvalue weighted by Crippen LogP contribution is -2.28. The van der Waals surface area contributed by atoms with Gasteiger partial charge in [0.25, 0.3) is 0 Å². The predicted octanol–water partition coefficient (Wildman–Crippen LogP) is 2.66. The third-order valence-electron chi connectivity index (χ3n) is 3.52. The van der Waals surface area contributed by atoms with Crippen LogP contribution in [0.4, 0.5) is 0 Å². The standard InChI is InChI=1S/C11H21N/c1-2-10-9-11(10)12-7-5-3-4-6-8-12/h10-11H,2-9H2,1H3. The first-order chi connectivity index (χ1) is 5.92. The van der Waals surface area contributed by atoms with E-state index in [2.05, 4.69) is 11.8 Å². The van der Waals surface area contributed by atoms with Gasteiger partial charge in [0.2, 0.25) is 0 Å². The van der Waals surface area contributed by atoms with Crippen molar-refractivity contribution in [3.63, 3.8) is 0 Å². The Kier molecular flexibility index (Phi) is 2.69. The summed E-state index contributed by atoms with van der Waals surface area (Å²) in [7, 11) is 0. The molecule has 0 spiro atoms. The second-order valence-corrected chi connectivity index (χ2v) is 4.42. The van der Waals surface area contributed by atoms with Gasteiger partial charge in [-0.2, -0.15) is 0 Å². The highest BCUT2D eigenvalue weighted by Crippen LogP contribution is 2.38. The zero-order valence-electron chi connectivity index (χ0n) is 8.26. The van der Waals surface area contributed by atoms with E-state index in [0.717, 1.165) is 12.0 Å². The van der Waals surface area contributed by atoms with Crippen LogP contribution in [0.15, 0.2) is 0 Å². The highest BCUT2D eigenvalue weighted by Gasteiger charge is 2.39. The fraction of sp³-hybridized carbons (Fsp3) is 1.00. The molecular weight excluding hydrogens is 146 g/mol. The van der Waals surface area contributed by atoms with Gasteiger partial charge in [0.05, 0.1) is 0 Å². The molecule has 1 nitrogen and oxygen atoms in total. The van der Waals surface area contributed by atoms with Crippen LogP contribution in [0.2, 0.25) is 0 Å². The van der Waals surface area contributed by atoms with Crippen LogP contribution in [-0.4, -0.2) is 24.0 Å². The first kappa shape index (κ1) is 8.55. The molecule has 2 rings (SSSR count). The molecule has 0 amide bonds. The summed E-state index contributed by atoms with van der Waals surface area (Å²) in [4.78, 5) is 2.75. The smallest absolute Gasteiger partial charge is 0.0127 e. The molecular formula is C11H21N. The van der Waals surface area contributed by atoms with Crippen molar-refractivity contribution >= 4 is 0 Å². The molecule has 0 bridgehead atoms. The molecule has 0 radical (unpaired) electrons. The van der Waals surface area contributed by atoms with Gasteiger partial charge in [0.1, 0.15) is 0 Å². The molecule has 1 saturated heterocycles. The Morgan fingerprint density at radius 3 is 2.25 bits per heavy atom. The number of nitrogens with zero attached hydrogens (tertiary/aromatic N) is 1. The van der Waals surface area contributed by atoms with Crippen molar-refractivity contribution in [1.29, 1.82) is 0 Å². The maximum Gasteiger partial charge on any atom is 0.0127 e. The third kappa shape index (κ3) is 1.82. The Balaban J connectivity index is 1.79. The first-order valence-corrected chi connectivity index (χ1v) is 5.66. The summed E-state index contributed by atoms with van der Waals surface area (Å²) in [6.45, 7) is 5.12. The van der Waals surface area contributed by atoms with Crippen molar-refractivity contribution in [3.8, 4) is 0 Å². The molecule has 12 heavy (non-hydrogen) atoms. The fourth-order valence-electron chi connectivity index (χ4n) is 2.54. The quantitative estimate of drug-likeness (QED) is 0.611. The average Bonchev–Trinajstić information content (AvgIpc) is 2.89. The highest BCUT2D eigenvalue weighted by molar-refractivity contribution is 4.94. The summed E-state index contributed by atoms with van der Waals surface area (Å²) in [5.74, 6) is 1.06. The fourth-order valence-corrected chi connectivity index (χ4v) is 2.54. The summed E-state index contributed by atoms with van der Waals surface area (Å²) in [5, 5.41) is 0. The van der Waals surface area contributed by atoms with E-state index in [1.54, 1.807) is 0 Å². The predicted molar refractivity (Wildman–Crippen MR) is 52.2 cm³/mol. The summed E-state index contributed by atoms with van der Waals surface area (Å²) < 4.78 is 0. The molecule has 1 aliphatic heterocycles. The van der Waals surface area contributed by atoms with Crippen LogP contribution in [0.5, 0.6) is 0 Å². The first-order valence-electron chi connectivity index (χ1n) is 5.66. The van der Waals surface area contributed by atoms with Gasteiger partial charge in [0, 0.05) is 6.04 Å².